The van der Waals surface area contributed by atoms with Crippen LogP contribution in [0.25, 0.3) is 0 Å². The third-order valence-electron chi connectivity index (χ3n) is 4.87. The zero-order chi connectivity index (χ0) is 17.5. The van der Waals surface area contributed by atoms with Crippen molar-refractivity contribution in [3.8, 4) is 0 Å². The fraction of sp³-hybridized carbons (Fsp3) is 0.737. The Balaban J connectivity index is 1.94. The molecule has 5 heteroatoms. The van der Waals surface area contributed by atoms with Crippen LogP contribution in [0.4, 0.5) is 5.82 Å². The molecule has 1 aliphatic heterocycles. The Hall–Kier alpha value is -1.65. The van der Waals surface area contributed by atoms with E-state index >= 15 is 0 Å². The summed E-state index contributed by atoms with van der Waals surface area (Å²) in [5.41, 5.74) is 2.20. The Kier molecular flexibility index (Phi) is 7.00. The van der Waals surface area contributed by atoms with E-state index in [-0.39, 0.29) is 0 Å². The van der Waals surface area contributed by atoms with Crippen molar-refractivity contribution in [3.05, 3.63) is 17.1 Å². The summed E-state index contributed by atoms with van der Waals surface area (Å²) in [6.07, 6.45) is 6.33. The standard InChI is InChI=1S/C19H32N4O/c1-5-6-7-8-10-18(24)22-11-9-12-23(14-13-22)19-15(2)16(3)20-17(4)21-19/h5-14H2,1-4H3. The van der Waals surface area contributed by atoms with Crippen molar-refractivity contribution in [2.75, 3.05) is 31.1 Å². The molecular formula is C19H32N4O. The first-order valence-electron chi connectivity index (χ1n) is 9.37. The first-order valence-corrected chi connectivity index (χ1v) is 9.37. The molecule has 1 fully saturated rings. The molecule has 0 aromatic carbocycles. The molecule has 0 saturated carbocycles. The van der Waals surface area contributed by atoms with Gasteiger partial charge in [0.05, 0.1) is 0 Å². The molecule has 0 radical (unpaired) electrons. The van der Waals surface area contributed by atoms with E-state index in [1.54, 1.807) is 0 Å². The van der Waals surface area contributed by atoms with Crippen molar-refractivity contribution in [3.63, 3.8) is 0 Å². The van der Waals surface area contributed by atoms with E-state index in [4.69, 9.17) is 0 Å². The molecule has 2 rings (SSSR count). The van der Waals surface area contributed by atoms with Crippen molar-refractivity contribution in [1.82, 2.24) is 14.9 Å². The second kappa shape index (κ2) is 9.00. The molecule has 0 bridgehead atoms. The zero-order valence-electron chi connectivity index (χ0n) is 15.8. The molecule has 1 aromatic heterocycles. The summed E-state index contributed by atoms with van der Waals surface area (Å²) in [5.74, 6) is 2.18. The van der Waals surface area contributed by atoms with E-state index in [9.17, 15) is 4.79 Å². The minimum Gasteiger partial charge on any atom is -0.354 e. The van der Waals surface area contributed by atoms with Gasteiger partial charge in [-0.1, -0.05) is 26.2 Å². The average Bonchev–Trinajstić information content (AvgIpc) is 2.81. The number of carbonyl (C=O) groups is 1. The quantitative estimate of drug-likeness (QED) is 0.749. The maximum atomic E-state index is 12.4. The van der Waals surface area contributed by atoms with Gasteiger partial charge in [0.25, 0.3) is 0 Å². The number of aryl methyl sites for hydroxylation is 2. The lowest BCUT2D eigenvalue weighted by atomic mass is 10.1. The highest BCUT2D eigenvalue weighted by Gasteiger charge is 2.21. The normalized spacial score (nSPS) is 15.5. The van der Waals surface area contributed by atoms with Gasteiger partial charge in [-0.05, 0) is 33.6 Å². The smallest absolute Gasteiger partial charge is 0.222 e. The first kappa shape index (κ1) is 18.7. The minimum atomic E-state index is 0.319. The van der Waals surface area contributed by atoms with Gasteiger partial charge in [0.1, 0.15) is 11.6 Å². The van der Waals surface area contributed by atoms with Gasteiger partial charge in [-0.2, -0.15) is 0 Å². The Morgan fingerprint density at radius 3 is 2.54 bits per heavy atom. The summed E-state index contributed by atoms with van der Waals surface area (Å²) in [6.45, 7) is 11.7. The molecule has 1 aliphatic rings. The Morgan fingerprint density at radius 1 is 1.00 bits per heavy atom. The van der Waals surface area contributed by atoms with Gasteiger partial charge < -0.3 is 9.80 Å². The Labute approximate surface area is 146 Å². The van der Waals surface area contributed by atoms with Crippen LogP contribution in [0, 0.1) is 20.8 Å². The van der Waals surface area contributed by atoms with Crippen LogP contribution in [0.15, 0.2) is 0 Å². The second-order valence-electron chi connectivity index (χ2n) is 6.84. The SMILES string of the molecule is CCCCCCC(=O)N1CCCN(c2nc(C)nc(C)c2C)CC1. The van der Waals surface area contributed by atoms with Gasteiger partial charge in [-0.25, -0.2) is 9.97 Å². The highest BCUT2D eigenvalue weighted by Crippen LogP contribution is 2.21. The van der Waals surface area contributed by atoms with E-state index in [1.165, 1.54) is 19.3 Å². The molecule has 134 valence electrons. The molecule has 0 aliphatic carbocycles. The average molecular weight is 332 g/mol. The van der Waals surface area contributed by atoms with E-state index in [1.807, 2.05) is 18.7 Å². The van der Waals surface area contributed by atoms with Crippen molar-refractivity contribution < 1.29 is 4.79 Å². The Morgan fingerprint density at radius 2 is 1.79 bits per heavy atom. The molecule has 5 nitrogen and oxygen atoms in total. The largest absolute Gasteiger partial charge is 0.354 e. The second-order valence-corrected chi connectivity index (χ2v) is 6.84. The third-order valence-corrected chi connectivity index (χ3v) is 4.87. The molecular weight excluding hydrogens is 300 g/mol. The summed E-state index contributed by atoms with van der Waals surface area (Å²) in [6, 6.07) is 0. The van der Waals surface area contributed by atoms with Crippen LogP contribution in [0.3, 0.4) is 0 Å². The fourth-order valence-electron chi connectivity index (χ4n) is 3.30. The number of rotatable bonds is 6. The molecule has 0 N–H and O–H groups in total. The number of hydrogen-bond donors (Lipinski definition) is 0. The number of aromatic nitrogens is 2. The number of hydrogen-bond acceptors (Lipinski definition) is 4. The van der Waals surface area contributed by atoms with Crippen LogP contribution in [0.5, 0.6) is 0 Å². The van der Waals surface area contributed by atoms with E-state index in [0.717, 1.165) is 61.9 Å². The van der Waals surface area contributed by atoms with Crippen molar-refractivity contribution in [1.29, 1.82) is 0 Å². The van der Waals surface area contributed by atoms with Crippen LogP contribution >= 0.6 is 0 Å². The molecule has 1 aromatic rings. The monoisotopic (exact) mass is 332 g/mol. The van der Waals surface area contributed by atoms with Crippen molar-refractivity contribution in [2.24, 2.45) is 0 Å². The zero-order valence-corrected chi connectivity index (χ0v) is 15.8. The lowest BCUT2D eigenvalue weighted by molar-refractivity contribution is -0.131. The third kappa shape index (κ3) is 4.92. The van der Waals surface area contributed by atoms with Gasteiger partial charge in [-0.3, -0.25) is 4.79 Å². The van der Waals surface area contributed by atoms with Gasteiger partial charge in [0.15, 0.2) is 0 Å². The van der Waals surface area contributed by atoms with Crippen LogP contribution in [-0.4, -0.2) is 47.0 Å². The first-order chi connectivity index (χ1) is 11.5. The maximum absolute atomic E-state index is 12.4. The number of nitrogens with zero attached hydrogens (tertiary/aromatic N) is 4. The summed E-state index contributed by atoms with van der Waals surface area (Å²) in [4.78, 5) is 25.9. The van der Waals surface area contributed by atoms with E-state index < -0.39 is 0 Å². The van der Waals surface area contributed by atoms with Gasteiger partial charge in [-0.15, -0.1) is 0 Å². The van der Waals surface area contributed by atoms with Crippen molar-refractivity contribution >= 4 is 11.7 Å². The highest BCUT2D eigenvalue weighted by atomic mass is 16.2. The maximum Gasteiger partial charge on any atom is 0.222 e. The van der Waals surface area contributed by atoms with Gasteiger partial charge >= 0.3 is 0 Å². The molecule has 24 heavy (non-hydrogen) atoms. The minimum absolute atomic E-state index is 0.319. The number of amides is 1. The number of anilines is 1. The van der Waals surface area contributed by atoms with E-state index in [2.05, 4.69) is 28.7 Å². The number of unbranched alkanes of at least 4 members (excludes halogenated alkanes) is 3. The summed E-state index contributed by atoms with van der Waals surface area (Å²) in [7, 11) is 0. The summed E-state index contributed by atoms with van der Waals surface area (Å²) in [5, 5.41) is 0. The predicted molar refractivity (Wildman–Crippen MR) is 98.4 cm³/mol. The molecule has 0 spiro atoms. The molecule has 1 amide bonds. The van der Waals surface area contributed by atoms with Crippen LogP contribution in [-0.2, 0) is 4.79 Å². The van der Waals surface area contributed by atoms with E-state index in [0.29, 0.717) is 12.3 Å². The topological polar surface area (TPSA) is 49.3 Å². The Bertz CT molecular complexity index is 559. The van der Waals surface area contributed by atoms with Gasteiger partial charge in [0, 0.05) is 43.9 Å². The molecule has 2 heterocycles. The summed E-state index contributed by atoms with van der Waals surface area (Å²) < 4.78 is 0. The molecule has 1 saturated heterocycles. The lowest BCUT2D eigenvalue weighted by Gasteiger charge is -2.25. The van der Waals surface area contributed by atoms with Gasteiger partial charge in [0.2, 0.25) is 5.91 Å². The lowest BCUT2D eigenvalue weighted by Crippen LogP contribution is -2.35. The fourth-order valence-corrected chi connectivity index (χ4v) is 3.30. The summed E-state index contributed by atoms with van der Waals surface area (Å²) >= 11 is 0. The predicted octanol–water partition coefficient (Wildman–Crippen LogP) is 3.41. The highest BCUT2D eigenvalue weighted by molar-refractivity contribution is 5.76. The number of carbonyl (C=O) groups excluding carboxylic acids is 1. The molecule has 0 unspecified atom stereocenters. The van der Waals surface area contributed by atoms with Crippen molar-refractivity contribution in [2.45, 2.75) is 66.2 Å². The van der Waals surface area contributed by atoms with Crippen LogP contribution < -0.4 is 4.90 Å². The molecule has 0 atom stereocenters. The van der Waals surface area contributed by atoms with Crippen LogP contribution in [0.1, 0.15) is 62.5 Å². The van der Waals surface area contributed by atoms with Crippen LogP contribution in [0.2, 0.25) is 0 Å².